The fraction of sp³-hybridized carbons (Fsp3) is 0.333. The first-order chi connectivity index (χ1) is 5.18. The molecule has 2 atom stereocenters. The van der Waals surface area contributed by atoms with Crippen LogP contribution >= 0.6 is 23.9 Å². The Labute approximate surface area is 139 Å². The van der Waals surface area contributed by atoms with Crippen molar-refractivity contribution in [1.29, 1.82) is 0 Å². The first-order valence-electron chi connectivity index (χ1n) is 3.59. The van der Waals surface area contributed by atoms with Crippen LogP contribution in [0.3, 0.4) is 0 Å². The number of fused-ring (bicyclic) bond motifs is 1. The van der Waals surface area contributed by atoms with Crippen LogP contribution in [0.4, 0.5) is 0 Å². The second-order valence-electron chi connectivity index (χ2n) is 2.92. The van der Waals surface area contributed by atoms with E-state index in [-0.39, 0.29) is 71.3 Å². The van der Waals surface area contributed by atoms with Crippen molar-refractivity contribution in [2.75, 3.05) is 6.66 Å². The van der Waals surface area contributed by atoms with E-state index in [0.29, 0.717) is 4.57 Å². The number of rotatable bonds is 0. The summed E-state index contributed by atoms with van der Waals surface area (Å²) in [7, 11) is -0.0157. The predicted octanol–water partition coefficient (Wildman–Crippen LogP) is -5.58. The van der Waals surface area contributed by atoms with Crippen molar-refractivity contribution in [2.24, 2.45) is 0 Å². The molecule has 82 valence electrons. The van der Waals surface area contributed by atoms with Gasteiger partial charge in [-0.15, -0.1) is 24.9 Å². The van der Waals surface area contributed by atoms with Gasteiger partial charge in [0.25, 0.3) is 0 Å². The van der Waals surface area contributed by atoms with E-state index in [1.165, 1.54) is 16.5 Å². The molecule has 0 aromatic carbocycles. The van der Waals surface area contributed by atoms with Crippen molar-refractivity contribution in [2.45, 2.75) is 11.5 Å². The zero-order chi connectivity index (χ0) is 8.01. The summed E-state index contributed by atoms with van der Waals surface area (Å²) in [4.78, 5) is 0. The van der Waals surface area contributed by atoms with Gasteiger partial charge >= 0.3 is 26.2 Å². The van der Waals surface area contributed by atoms with Crippen molar-refractivity contribution in [3.63, 3.8) is 0 Å². The van der Waals surface area contributed by atoms with E-state index in [0.717, 1.165) is 0 Å². The molecule has 0 saturated carbocycles. The average Bonchev–Trinajstić information content (AvgIpc) is 2.37. The van der Waals surface area contributed by atoms with Crippen molar-refractivity contribution in [3.8, 4) is 0 Å². The van der Waals surface area contributed by atoms with Gasteiger partial charge in [-0.3, -0.25) is 0 Å². The van der Waals surface area contributed by atoms with Crippen LogP contribution in [-0.2, 0) is 26.2 Å². The largest absolute Gasteiger partial charge is 4.00 e. The quantitative estimate of drug-likeness (QED) is 0.206. The molecule has 0 aromatic heterocycles. The second-order valence-corrected chi connectivity index (χ2v) is 6.77. The van der Waals surface area contributed by atoms with Gasteiger partial charge < -0.3 is 37.2 Å². The molecule has 2 unspecified atom stereocenters. The van der Waals surface area contributed by atoms with Gasteiger partial charge in [-0.25, -0.2) is 0 Å². The Morgan fingerprint density at radius 1 is 1.27 bits per heavy atom. The maximum atomic E-state index is 3.61. The second kappa shape index (κ2) is 8.90. The Bertz CT molecular complexity index is 302. The summed E-state index contributed by atoms with van der Waals surface area (Å²) in [5, 5.41) is 1.51. The number of hydrogen-bond donors (Lipinski definition) is 0. The van der Waals surface area contributed by atoms with Crippen LogP contribution < -0.4 is 37.2 Å². The van der Waals surface area contributed by atoms with E-state index in [9.17, 15) is 0 Å². The van der Waals surface area contributed by atoms with Crippen LogP contribution in [0.2, 0.25) is 0 Å². The Kier molecular flexibility index (Phi) is 13.1. The van der Waals surface area contributed by atoms with Gasteiger partial charge in [0, 0.05) is 0 Å². The molecule has 1 heterocycles. The molecule has 15 heavy (non-hydrogen) atoms. The molecule has 6 heteroatoms. The Morgan fingerprint density at radius 3 is 2.27 bits per heavy atom. The summed E-state index contributed by atoms with van der Waals surface area (Å²) in [6.45, 7) is 4.44. The molecule has 0 amide bonds. The van der Waals surface area contributed by atoms with Crippen LogP contribution in [0.1, 0.15) is 6.92 Å². The van der Waals surface area contributed by atoms with Crippen molar-refractivity contribution < 1.29 is 63.4 Å². The molecule has 0 bridgehead atoms. The number of allylic oxidation sites excluding steroid dienone is 6. The zero-order valence-corrected chi connectivity index (χ0v) is 15.4. The minimum absolute atomic E-state index is 0. The first kappa shape index (κ1) is 22.1. The fourth-order valence-corrected chi connectivity index (χ4v) is 3.79. The Hall–Kier alpha value is 1.88. The minimum atomic E-state index is -0.0157. The normalized spacial score (nSPS) is 25.4. The van der Waals surface area contributed by atoms with Gasteiger partial charge in [0.1, 0.15) is 0 Å². The van der Waals surface area contributed by atoms with E-state index in [2.05, 4.69) is 47.7 Å². The molecule has 1 aliphatic heterocycles. The van der Waals surface area contributed by atoms with Gasteiger partial charge in [-0.1, -0.05) is 29.5 Å². The molecular formula is C9H9BrCl3PZr. The molecule has 2 rings (SSSR count). The molecular weight excluding hydrogens is 417 g/mol. The van der Waals surface area contributed by atoms with E-state index in [1.807, 2.05) is 0 Å². The molecule has 0 N–H and O–H groups in total. The monoisotopic (exact) mass is 422 g/mol. The van der Waals surface area contributed by atoms with Crippen LogP contribution in [-0.4, -0.2) is 11.2 Å². The summed E-state index contributed by atoms with van der Waals surface area (Å²) in [6.07, 6.45) is 7.92. The molecule has 0 saturated heterocycles. The first-order valence-corrected chi connectivity index (χ1v) is 6.36. The van der Waals surface area contributed by atoms with Gasteiger partial charge in [-0.05, 0) is 4.57 Å². The zero-order valence-electron chi connectivity index (χ0n) is 8.19. The number of halogens is 4. The average molecular weight is 426 g/mol. The summed E-state index contributed by atoms with van der Waals surface area (Å²) in [5.74, 6) is 0. The molecule has 2 aliphatic rings. The third-order valence-corrected chi connectivity index (χ3v) is 6.02. The van der Waals surface area contributed by atoms with Crippen LogP contribution in [0, 0.1) is 6.08 Å². The molecule has 0 aromatic rings. The summed E-state index contributed by atoms with van der Waals surface area (Å²) in [5.41, 5.74) is 2.70. The molecule has 0 spiro atoms. The smallest absolute Gasteiger partial charge is 1.00 e. The summed E-state index contributed by atoms with van der Waals surface area (Å²) < 4.78 is 0.489. The maximum absolute atomic E-state index is 3.61. The maximum Gasteiger partial charge on any atom is 4.00 e. The van der Waals surface area contributed by atoms with Crippen LogP contribution in [0.5, 0.6) is 0 Å². The van der Waals surface area contributed by atoms with Gasteiger partial charge in [0.2, 0.25) is 0 Å². The van der Waals surface area contributed by atoms with Gasteiger partial charge in [-0.2, -0.15) is 17.7 Å². The topological polar surface area (TPSA) is 0 Å². The SMILES string of the molecule is CC1=CC2=[C-]C(Br)P(C)C2=C1.[Cl-].[Cl-].[Cl-].[Zr+4]. The molecule has 1 aliphatic carbocycles. The fourth-order valence-electron chi connectivity index (χ4n) is 1.39. The van der Waals surface area contributed by atoms with Gasteiger partial charge in [0.05, 0.1) is 0 Å². The molecule has 0 radical (unpaired) electrons. The standard InChI is InChI=1S/C9H9BrP.3ClH.Zr/c1-6-3-7-5-9(10)11(2)8(7)4-6;;;;/h3-4,9H,1-2H3;3*1H;/q-1;;;;+4/p-3. The molecule has 0 nitrogen and oxygen atoms in total. The number of alkyl halides is 1. The minimum Gasteiger partial charge on any atom is -1.00 e. The van der Waals surface area contributed by atoms with E-state index >= 15 is 0 Å². The van der Waals surface area contributed by atoms with Crippen molar-refractivity contribution in [3.05, 3.63) is 34.7 Å². The van der Waals surface area contributed by atoms with E-state index in [1.54, 1.807) is 0 Å². The molecule has 0 fully saturated rings. The van der Waals surface area contributed by atoms with E-state index in [4.69, 9.17) is 0 Å². The third-order valence-electron chi connectivity index (χ3n) is 2.01. The van der Waals surface area contributed by atoms with E-state index < -0.39 is 0 Å². The Morgan fingerprint density at radius 2 is 1.80 bits per heavy atom. The predicted molar refractivity (Wildman–Crippen MR) is 54.2 cm³/mol. The third kappa shape index (κ3) is 4.57. The van der Waals surface area contributed by atoms with Crippen LogP contribution in [0.25, 0.3) is 0 Å². The van der Waals surface area contributed by atoms with Crippen molar-refractivity contribution in [1.82, 2.24) is 0 Å². The van der Waals surface area contributed by atoms with Gasteiger partial charge in [0.15, 0.2) is 0 Å². The Balaban J connectivity index is -0.000000360. The van der Waals surface area contributed by atoms with Crippen molar-refractivity contribution >= 4 is 23.9 Å². The summed E-state index contributed by atoms with van der Waals surface area (Å²) >= 11 is 3.61. The summed E-state index contributed by atoms with van der Waals surface area (Å²) in [6, 6.07) is 0. The number of hydrogen-bond acceptors (Lipinski definition) is 0. The van der Waals surface area contributed by atoms with Crippen LogP contribution in [0.15, 0.2) is 28.6 Å².